The molecule has 0 N–H and O–H groups in total. The molecular formula is C15H18N2O. The first kappa shape index (κ1) is 14.0. The molecule has 0 unspecified atom stereocenters. The first-order chi connectivity index (χ1) is 8.81. The summed E-state index contributed by atoms with van der Waals surface area (Å²) in [5.74, 6) is 0.0413. The molecular weight excluding hydrogens is 224 g/mol. The van der Waals surface area contributed by atoms with E-state index in [0.717, 1.165) is 11.3 Å². The summed E-state index contributed by atoms with van der Waals surface area (Å²) in [4.78, 5) is 19.6. The average molecular weight is 242 g/mol. The zero-order chi connectivity index (χ0) is 13.4. The zero-order valence-electron chi connectivity index (χ0n) is 11.1. The molecule has 0 spiro atoms. The van der Waals surface area contributed by atoms with Crippen LogP contribution in [-0.2, 0) is 0 Å². The van der Waals surface area contributed by atoms with E-state index in [0.29, 0.717) is 12.1 Å². The van der Waals surface area contributed by atoms with Crippen molar-refractivity contribution in [2.75, 3.05) is 0 Å². The van der Waals surface area contributed by atoms with E-state index in [2.05, 4.69) is 9.97 Å². The van der Waals surface area contributed by atoms with Gasteiger partial charge in [-0.25, -0.2) is 9.97 Å². The van der Waals surface area contributed by atoms with Gasteiger partial charge >= 0.3 is 0 Å². The third-order valence-corrected chi connectivity index (χ3v) is 2.34. The van der Waals surface area contributed by atoms with Crippen molar-refractivity contribution in [2.45, 2.75) is 27.2 Å². The van der Waals surface area contributed by atoms with Gasteiger partial charge in [-0.1, -0.05) is 51.1 Å². The summed E-state index contributed by atoms with van der Waals surface area (Å²) in [5.41, 5.74) is 2.26. The van der Waals surface area contributed by atoms with Gasteiger partial charge in [0.1, 0.15) is 12.0 Å². The second-order valence-electron chi connectivity index (χ2n) is 3.43. The number of aromatic nitrogens is 2. The van der Waals surface area contributed by atoms with Crippen LogP contribution in [0.25, 0.3) is 11.3 Å². The van der Waals surface area contributed by atoms with E-state index in [4.69, 9.17) is 0 Å². The van der Waals surface area contributed by atoms with E-state index in [9.17, 15) is 4.79 Å². The Hall–Kier alpha value is -2.03. The van der Waals surface area contributed by atoms with Crippen molar-refractivity contribution in [1.29, 1.82) is 0 Å². The summed E-state index contributed by atoms with van der Waals surface area (Å²) in [5, 5.41) is 0. The number of carbonyl (C=O) groups is 1. The van der Waals surface area contributed by atoms with Crippen molar-refractivity contribution in [1.82, 2.24) is 9.97 Å². The number of carbonyl (C=O) groups excluding carboxylic acids is 1. The van der Waals surface area contributed by atoms with E-state index in [1.807, 2.05) is 51.1 Å². The van der Waals surface area contributed by atoms with Gasteiger partial charge in [0, 0.05) is 12.0 Å². The van der Waals surface area contributed by atoms with Gasteiger partial charge in [0.2, 0.25) is 0 Å². The van der Waals surface area contributed by atoms with Crippen LogP contribution in [0.3, 0.4) is 0 Å². The van der Waals surface area contributed by atoms with Crippen LogP contribution in [-0.4, -0.2) is 15.8 Å². The average Bonchev–Trinajstić information content (AvgIpc) is 2.49. The van der Waals surface area contributed by atoms with Crippen molar-refractivity contribution >= 4 is 5.78 Å². The highest BCUT2D eigenvalue weighted by molar-refractivity contribution is 5.94. The standard InChI is InChI=1S/C13H12N2O.C2H6/c1-2-13(16)12-8-11(14-9-15-12)10-6-4-3-5-7-10;1-2/h3-9H,2H2,1H3;1-2H3. The van der Waals surface area contributed by atoms with Crippen LogP contribution in [0.2, 0.25) is 0 Å². The van der Waals surface area contributed by atoms with Gasteiger partial charge in [-0.2, -0.15) is 0 Å². The molecule has 0 fully saturated rings. The topological polar surface area (TPSA) is 42.9 Å². The van der Waals surface area contributed by atoms with Gasteiger partial charge in [0.25, 0.3) is 0 Å². The first-order valence-corrected chi connectivity index (χ1v) is 6.22. The highest BCUT2D eigenvalue weighted by atomic mass is 16.1. The van der Waals surface area contributed by atoms with E-state index >= 15 is 0 Å². The Morgan fingerprint density at radius 1 is 1.11 bits per heavy atom. The monoisotopic (exact) mass is 242 g/mol. The third-order valence-electron chi connectivity index (χ3n) is 2.34. The van der Waals surface area contributed by atoms with Gasteiger partial charge in [-0.3, -0.25) is 4.79 Å². The van der Waals surface area contributed by atoms with Gasteiger partial charge in [0.05, 0.1) is 5.69 Å². The molecule has 0 aliphatic rings. The molecule has 1 heterocycles. The summed E-state index contributed by atoms with van der Waals surface area (Å²) in [6, 6.07) is 11.5. The van der Waals surface area contributed by atoms with Crippen LogP contribution in [0.1, 0.15) is 37.7 Å². The highest BCUT2D eigenvalue weighted by Gasteiger charge is 2.06. The van der Waals surface area contributed by atoms with Crippen LogP contribution in [0.5, 0.6) is 0 Å². The Labute approximate surface area is 108 Å². The number of benzene rings is 1. The molecule has 1 aromatic carbocycles. The third kappa shape index (κ3) is 3.48. The maximum atomic E-state index is 11.5. The smallest absolute Gasteiger partial charge is 0.181 e. The Bertz CT molecular complexity index is 495. The molecule has 0 bridgehead atoms. The number of hydrogen-bond acceptors (Lipinski definition) is 3. The maximum Gasteiger partial charge on any atom is 0.181 e. The highest BCUT2D eigenvalue weighted by Crippen LogP contribution is 2.16. The van der Waals surface area contributed by atoms with Gasteiger partial charge in [-0.05, 0) is 6.07 Å². The number of nitrogens with zero attached hydrogens (tertiary/aromatic N) is 2. The maximum absolute atomic E-state index is 11.5. The Morgan fingerprint density at radius 2 is 1.78 bits per heavy atom. The molecule has 3 heteroatoms. The second kappa shape index (κ2) is 7.33. The molecule has 0 amide bonds. The van der Waals surface area contributed by atoms with Crippen LogP contribution in [0, 0.1) is 0 Å². The molecule has 2 rings (SSSR count). The minimum atomic E-state index is 0.0413. The fraction of sp³-hybridized carbons (Fsp3) is 0.267. The molecule has 0 saturated carbocycles. The number of Topliss-reactive ketones (excluding diaryl/α,β-unsaturated/α-hetero) is 1. The summed E-state index contributed by atoms with van der Waals surface area (Å²) in [6.45, 7) is 5.83. The molecule has 0 atom stereocenters. The fourth-order valence-corrected chi connectivity index (χ4v) is 1.46. The van der Waals surface area contributed by atoms with Gasteiger partial charge in [-0.15, -0.1) is 0 Å². The molecule has 0 saturated heterocycles. The molecule has 0 aliphatic heterocycles. The quantitative estimate of drug-likeness (QED) is 0.769. The molecule has 0 aliphatic carbocycles. The minimum absolute atomic E-state index is 0.0413. The number of ketones is 1. The zero-order valence-corrected chi connectivity index (χ0v) is 11.1. The summed E-state index contributed by atoms with van der Waals surface area (Å²) < 4.78 is 0. The molecule has 2 aromatic rings. The number of rotatable bonds is 3. The summed E-state index contributed by atoms with van der Waals surface area (Å²) in [7, 11) is 0. The van der Waals surface area contributed by atoms with Crippen molar-refractivity contribution in [2.24, 2.45) is 0 Å². The van der Waals surface area contributed by atoms with E-state index in [-0.39, 0.29) is 5.78 Å². The van der Waals surface area contributed by atoms with Gasteiger partial charge < -0.3 is 0 Å². The lowest BCUT2D eigenvalue weighted by molar-refractivity contribution is 0.0983. The van der Waals surface area contributed by atoms with Crippen molar-refractivity contribution < 1.29 is 4.79 Å². The lowest BCUT2D eigenvalue weighted by Gasteiger charge is -2.01. The predicted octanol–water partition coefficient (Wildman–Crippen LogP) is 3.76. The van der Waals surface area contributed by atoms with Crippen LogP contribution in [0.15, 0.2) is 42.7 Å². The Kier molecular flexibility index (Phi) is 5.71. The van der Waals surface area contributed by atoms with Crippen molar-refractivity contribution in [3.8, 4) is 11.3 Å². The molecule has 94 valence electrons. The molecule has 18 heavy (non-hydrogen) atoms. The number of hydrogen-bond donors (Lipinski definition) is 0. The Morgan fingerprint density at radius 3 is 2.39 bits per heavy atom. The lowest BCUT2D eigenvalue weighted by Crippen LogP contribution is -2.01. The molecule has 0 radical (unpaired) electrons. The summed E-state index contributed by atoms with van der Waals surface area (Å²) in [6.07, 6.45) is 1.90. The first-order valence-electron chi connectivity index (χ1n) is 6.22. The van der Waals surface area contributed by atoms with Crippen LogP contribution < -0.4 is 0 Å². The van der Waals surface area contributed by atoms with E-state index in [1.165, 1.54) is 6.33 Å². The summed E-state index contributed by atoms with van der Waals surface area (Å²) >= 11 is 0. The van der Waals surface area contributed by atoms with Crippen molar-refractivity contribution in [3.05, 3.63) is 48.4 Å². The van der Waals surface area contributed by atoms with Gasteiger partial charge in [0.15, 0.2) is 5.78 Å². The lowest BCUT2D eigenvalue weighted by atomic mass is 10.1. The fourth-order valence-electron chi connectivity index (χ4n) is 1.46. The van der Waals surface area contributed by atoms with Crippen LogP contribution in [0.4, 0.5) is 0 Å². The normalized spacial score (nSPS) is 9.28. The predicted molar refractivity (Wildman–Crippen MR) is 73.4 cm³/mol. The second-order valence-corrected chi connectivity index (χ2v) is 3.43. The van der Waals surface area contributed by atoms with E-state index in [1.54, 1.807) is 6.07 Å². The minimum Gasteiger partial charge on any atom is -0.292 e. The van der Waals surface area contributed by atoms with E-state index < -0.39 is 0 Å². The Balaban J connectivity index is 0.000000771. The SMILES string of the molecule is CC.CCC(=O)c1cc(-c2ccccc2)ncn1. The molecule has 3 nitrogen and oxygen atoms in total. The molecule has 1 aromatic heterocycles. The van der Waals surface area contributed by atoms with Crippen LogP contribution >= 0.6 is 0 Å². The van der Waals surface area contributed by atoms with Crippen molar-refractivity contribution in [3.63, 3.8) is 0 Å². The largest absolute Gasteiger partial charge is 0.292 e.